The van der Waals surface area contributed by atoms with E-state index in [0.717, 1.165) is 6.61 Å². The van der Waals surface area contributed by atoms with Gasteiger partial charge in [-0.3, -0.25) is 0 Å². The van der Waals surface area contributed by atoms with Gasteiger partial charge < -0.3 is 9.26 Å². The Labute approximate surface area is 62.1 Å². The highest BCUT2D eigenvalue weighted by Gasteiger charge is 1.90. The summed E-state index contributed by atoms with van der Waals surface area (Å²) >= 11 is 0. The Kier molecular flexibility index (Phi) is 8.30. The third-order valence-electron chi connectivity index (χ3n) is 0.672. The van der Waals surface area contributed by atoms with Gasteiger partial charge in [0.2, 0.25) is 0 Å². The molecular weight excluding hydrogens is 173 g/mol. The second kappa shape index (κ2) is 7.32. The molecule has 0 amide bonds. The lowest BCUT2D eigenvalue weighted by atomic mass is 10.8. The Bertz CT molecular complexity index is 59.8. The van der Waals surface area contributed by atoms with E-state index in [1.165, 1.54) is 0 Å². The molecule has 0 aliphatic rings. The molecule has 0 aliphatic carbocycles. The maximum Gasteiger partial charge on any atom is 0.0752 e. The molecule has 0 aliphatic heterocycles. The zero-order valence-corrected chi connectivity index (χ0v) is 8.74. The van der Waals surface area contributed by atoms with Gasteiger partial charge in [-0.05, 0) is 6.92 Å². The molecule has 0 saturated heterocycles. The molecule has 0 spiro atoms. The van der Waals surface area contributed by atoms with Crippen LogP contribution in [0.15, 0.2) is 0 Å². The molecule has 0 aromatic heterocycles. The fourth-order valence-electron chi connectivity index (χ4n) is 0.346. The van der Waals surface area contributed by atoms with Gasteiger partial charge in [0.05, 0.1) is 20.7 Å². The van der Waals surface area contributed by atoms with Crippen LogP contribution in [-0.4, -0.2) is 19.8 Å². The summed E-state index contributed by atoms with van der Waals surface area (Å²) in [6.07, 6.45) is 0. The minimum absolute atomic E-state index is 0.364. The largest absolute Gasteiger partial charge is 0.379 e. The molecule has 0 saturated carbocycles. The zero-order chi connectivity index (χ0) is 7.11. The topological polar surface area (TPSA) is 18.5 Å². The molecule has 2 nitrogen and oxygen atoms in total. The van der Waals surface area contributed by atoms with E-state index < -0.39 is 0 Å². The second-order valence-electron chi connectivity index (χ2n) is 1.39. The van der Waals surface area contributed by atoms with Gasteiger partial charge in [-0.25, -0.2) is 0 Å². The van der Waals surface area contributed by atoms with E-state index >= 15 is 0 Å². The fraction of sp³-hybridized carbons (Fsp3) is 1.00. The lowest BCUT2D eigenvalue weighted by Crippen LogP contribution is -1.98. The SMILES string of the molecule is CCOCCOP(P)P. The van der Waals surface area contributed by atoms with Crippen molar-refractivity contribution < 1.29 is 9.26 Å². The van der Waals surface area contributed by atoms with Crippen LogP contribution in [0.3, 0.4) is 0 Å². The highest BCUT2D eigenvalue weighted by Crippen LogP contribution is 2.53. The summed E-state index contributed by atoms with van der Waals surface area (Å²) in [5.41, 5.74) is 0. The molecule has 0 heterocycles. The van der Waals surface area contributed by atoms with Crippen molar-refractivity contribution in [1.29, 1.82) is 0 Å². The highest BCUT2D eigenvalue weighted by molar-refractivity contribution is 8.41. The monoisotopic (exact) mass is 186 g/mol. The van der Waals surface area contributed by atoms with Crippen LogP contribution in [0.25, 0.3) is 0 Å². The van der Waals surface area contributed by atoms with Gasteiger partial charge >= 0.3 is 0 Å². The van der Waals surface area contributed by atoms with Gasteiger partial charge in [-0.2, -0.15) is 0 Å². The Morgan fingerprint density at radius 3 is 2.44 bits per heavy atom. The molecule has 0 aromatic rings. The van der Waals surface area contributed by atoms with Crippen molar-refractivity contribution in [2.45, 2.75) is 6.92 Å². The van der Waals surface area contributed by atoms with E-state index in [4.69, 9.17) is 9.26 Å². The second-order valence-corrected chi connectivity index (χ2v) is 7.21. The highest BCUT2D eigenvalue weighted by atomic mass is 32.4. The summed E-state index contributed by atoms with van der Waals surface area (Å²) in [7, 11) is 4.82. The average Bonchev–Trinajstić information content (AvgIpc) is 1.80. The molecule has 9 heavy (non-hydrogen) atoms. The summed E-state index contributed by atoms with van der Waals surface area (Å²) < 4.78 is 10.3. The predicted molar refractivity (Wildman–Crippen MR) is 48.8 cm³/mol. The number of ether oxygens (including phenoxy) is 1. The first-order chi connectivity index (χ1) is 4.27. The first kappa shape index (κ1) is 10.2. The van der Waals surface area contributed by atoms with Gasteiger partial charge in [0.25, 0.3) is 0 Å². The first-order valence-corrected chi connectivity index (χ1v) is 7.27. The molecule has 0 N–H and O–H groups in total. The normalized spacial score (nSPS) is 10.7. The third-order valence-corrected chi connectivity index (χ3v) is 2.05. The fourth-order valence-corrected chi connectivity index (χ4v) is 1.26. The molecule has 56 valence electrons. The van der Waals surface area contributed by atoms with Gasteiger partial charge in [-0.15, -0.1) is 0 Å². The van der Waals surface area contributed by atoms with Crippen LogP contribution in [0.5, 0.6) is 0 Å². The quantitative estimate of drug-likeness (QED) is 0.483. The summed E-state index contributed by atoms with van der Waals surface area (Å²) in [5, 5.41) is 0. The van der Waals surface area contributed by atoms with Crippen LogP contribution in [-0.2, 0) is 9.26 Å². The molecule has 2 atom stereocenters. The zero-order valence-electron chi connectivity index (χ0n) is 5.54. The Morgan fingerprint density at radius 2 is 2.00 bits per heavy atom. The van der Waals surface area contributed by atoms with Crippen LogP contribution in [0.2, 0.25) is 0 Å². The van der Waals surface area contributed by atoms with E-state index in [-0.39, 0.29) is 7.53 Å². The lowest BCUT2D eigenvalue weighted by Gasteiger charge is -2.05. The van der Waals surface area contributed by atoms with Crippen molar-refractivity contribution in [2.75, 3.05) is 19.8 Å². The van der Waals surface area contributed by atoms with E-state index in [1.54, 1.807) is 0 Å². The minimum Gasteiger partial charge on any atom is -0.379 e. The van der Waals surface area contributed by atoms with Crippen LogP contribution in [0.1, 0.15) is 6.92 Å². The van der Waals surface area contributed by atoms with E-state index in [9.17, 15) is 0 Å². The number of hydrogen-bond acceptors (Lipinski definition) is 2. The van der Waals surface area contributed by atoms with Crippen molar-refractivity contribution in [3.05, 3.63) is 0 Å². The summed E-state index contributed by atoms with van der Waals surface area (Å²) in [6.45, 7) is 4.16. The molecule has 0 fully saturated rings. The van der Waals surface area contributed by atoms with Crippen LogP contribution in [0, 0.1) is 0 Å². The van der Waals surface area contributed by atoms with E-state index in [0.29, 0.717) is 13.2 Å². The maximum atomic E-state index is 5.21. The summed E-state index contributed by atoms with van der Waals surface area (Å²) in [5.74, 6) is 0. The average molecular weight is 186 g/mol. The first-order valence-electron chi connectivity index (χ1n) is 2.77. The summed E-state index contributed by atoms with van der Waals surface area (Å²) in [6, 6.07) is 0. The Balaban J connectivity index is 2.75. The van der Waals surface area contributed by atoms with Crippen molar-refractivity contribution in [3.8, 4) is 0 Å². The van der Waals surface area contributed by atoms with E-state index in [1.807, 2.05) is 6.92 Å². The molecule has 0 aromatic carbocycles. The van der Waals surface area contributed by atoms with Gasteiger partial charge in [0.15, 0.2) is 0 Å². The molecule has 0 radical (unpaired) electrons. The Morgan fingerprint density at radius 1 is 1.33 bits per heavy atom. The molecule has 0 rings (SSSR count). The van der Waals surface area contributed by atoms with Crippen molar-refractivity contribution in [3.63, 3.8) is 0 Å². The molecular formula is C4H13O2P3. The standard InChI is InChI=1S/C4H13O2P3/c1-2-5-3-4-6-9(7)8/h2-4,7-8H2,1H3. The van der Waals surface area contributed by atoms with Gasteiger partial charge in [-0.1, -0.05) is 17.9 Å². The van der Waals surface area contributed by atoms with Crippen molar-refractivity contribution in [1.82, 2.24) is 0 Å². The maximum absolute atomic E-state index is 5.21. The van der Waals surface area contributed by atoms with Crippen LogP contribution < -0.4 is 0 Å². The van der Waals surface area contributed by atoms with Gasteiger partial charge in [0, 0.05) is 6.61 Å². The van der Waals surface area contributed by atoms with Crippen LogP contribution >= 0.6 is 25.4 Å². The van der Waals surface area contributed by atoms with Crippen molar-refractivity contribution >= 4 is 25.4 Å². The molecule has 5 heteroatoms. The lowest BCUT2D eigenvalue weighted by molar-refractivity contribution is 0.116. The third kappa shape index (κ3) is 9.21. The number of rotatable bonds is 5. The number of hydrogen-bond donors (Lipinski definition) is 0. The predicted octanol–water partition coefficient (Wildman–Crippen LogP) is 2.02. The van der Waals surface area contributed by atoms with E-state index in [2.05, 4.69) is 17.9 Å². The summed E-state index contributed by atoms with van der Waals surface area (Å²) in [4.78, 5) is 0. The molecule has 0 bridgehead atoms. The molecule has 2 unspecified atom stereocenters. The van der Waals surface area contributed by atoms with Crippen LogP contribution in [0.4, 0.5) is 0 Å². The minimum atomic E-state index is -0.364. The van der Waals surface area contributed by atoms with Gasteiger partial charge in [0.1, 0.15) is 0 Å². The smallest absolute Gasteiger partial charge is 0.0752 e. The van der Waals surface area contributed by atoms with Crippen molar-refractivity contribution in [2.24, 2.45) is 0 Å². The Hall–Kier alpha value is 1.21.